The van der Waals surface area contributed by atoms with Gasteiger partial charge in [-0.25, -0.2) is 0 Å². The van der Waals surface area contributed by atoms with Crippen molar-refractivity contribution in [2.45, 2.75) is 92.4 Å². The van der Waals surface area contributed by atoms with Gasteiger partial charge in [0.25, 0.3) is 0 Å². The Hall–Kier alpha value is -0.0800. The Morgan fingerprint density at radius 2 is 0.833 bits per heavy atom. The van der Waals surface area contributed by atoms with Gasteiger partial charge in [0.15, 0.2) is 0 Å². The van der Waals surface area contributed by atoms with Crippen LogP contribution in [0.5, 0.6) is 0 Å². The Labute approximate surface area is 116 Å². The Kier molecular flexibility index (Phi) is 6.35. The van der Waals surface area contributed by atoms with Crippen molar-refractivity contribution in [1.82, 2.24) is 9.80 Å². The van der Waals surface area contributed by atoms with Crippen molar-refractivity contribution in [2.24, 2.45) is 0 Å². The lowest BCUT2D eigenvalue weighted by Crippen LogP contribution is -2.53. The van der Waals surface area contributed by atoms with Gasteiger partial charge in [0.05, 0.1) is 0 Å². The van der Waals surface area contributed by atoms with Gasteiger partial charge in [0.2, 0.25) is 0 Å². The molecule has 0 aliphatic rings. The van der Waals surface area contributed by atoms with Gasteiger partial charge < -0.3 is 0 Å². The van der Waals surface area contributed by atoms with E-state index in [2.05, 4.69) is 79.0 Å². The molecule has 2 nitrogen and oxygen atoms in total. The number of hydrogen-bond acceptors (Lipinski definition) is 2. The van der Waals surface area contributed by atoms with Crippen LogP contribution in [0.25, 0.3) is 0 Å². The van der Waals surface area contributed by atoms with Gasteiger partial charge >= 0.3 is 0 Å². The predicted molar refractivity (Wildman–Crippen MR) is 83.2 cm³/mol. The summed E-state index contributed by atoms with van der Waals surface area (Å²) < 4.78 is 0. The van der Waals surface area contributed by atoms with Crippen LogP contribution >= 0.6 is 0 Å². The van der Waals surface area contributed by atoms with Crippen LogP contribution < -0.4 is 0 Å². The molecule has 0 aromatic rings. The maximum Gasteiger partial charge on any atom is 0.0128 e. The molecule has 0 unspecified atom stereocenters. The van der Waals surface area contributed by atoms with Gasteiger partial charge in [-0.2, -0.15) is 0 Å². The van der Waals surface area contributed by atoms with Crippen LogP contribution in [0, 0.1) is 0 Å². The van der Waals surface area contributed by atoms with Crippen LogP contribution in [-0.2, 0) is 0 Å². The number of hydrogen-bond donors (Lipinski definition) is 0. The molecule has 0 atom stereocenters. The lowest BCUT2D eigenvalue weighted by molar-refractivity contribution is 0.0430. The van der Waals surface area contributed by atoms with Gasteiger partial charge in [-0.3, -0.25) is 9.80 Å². The average molecular weight is 256 g/mol. The fraction of sp³-hybridized carbons (Fsp3) is 1.00. The predicted octanol–water partition coefficient (Wildman–Crippen LogP) is 4.00. The monoisotopic (exact) mass is 256 g/mol. The molecule has 0 amide bonds. The molecule has 0 saturated heterocycles. The molecule has 110 valence electrons. The maximum atomic E-state index is 2.59. The third-order valence-corrected chi connectivity index (χ3v) is 3.55. The highest BCUT2D eigenvalue weighted by molar-refractivity contribution is 4.84. The van der Waals surface area contributed by atoms with Gasteiger partial charge in [0, 0.05) is 36.3 Å². The summed E-state index contributed by atoms with van der Waals surface area (Å²) in [7, 11) is 0. The number of rotatable bonds is 5. The van der Waals surface area contributed by atoms with E-state index in [1.165, 1.54) is 0 Å². The molecule has 0 aromatic carbocycles. The molecule has 0 radical (unpaired) electrons. The molecule has 0 heterocycles. The topological polar surface area (TPSA) is 6.48 Å². The lowest BCUT2D eigenvalue weighted by atomic mass is 10.0. The van der Waals surface area contributed by atoms with E-state index in [0.29, 0.717) is 12.1 Å². The summed E-state index contributed by atoms with van der Waals surface area (Å²) >= 11 is 0. The molecule has 2 heteroatoms. The summed E-state index contributed by atoms with van der Waals surface area (Å²) in [6, 6.07) is 1.19. The second-order valence-electron chi connectivity index (χ2n) is 7.92. The SMILES string of the molecule is CC(C)N(CCN(C(C)C)C(C)(C)C)C(C)(C)C. The van der Waals surface area contributed by atoms with Crippen LogP contribution in [0.2, 0.25) is 0 Å². The van der Waals surface area contributed by atoms with Crippen LogP contribution in [0.15, 0.2) is 0 Å². The van der Waals surface area contributed by atoms with Crippen molar-refractivity contribution in [2.75, 3.05) is 13.1 Å². The van der Waals surface area contributed by atoms with E-state index in [1.54, 1.807) is 0 Å². The number of nitrogens with zero attached hydrogens (tertiary/aromatic N) is 2. The van der Waals surface area contributed by atoms with E-state index in [0.717, 1.165) is 13.1 Å². The molecule has 0 bridgehead atoms. The first-order valence-electron chi connectivity index (χ1n) is 7.41. The first-order valence-corrected chi connectivity index (χ1v) is 7.41. The van der Waals surface area contributed by atoms with Gasteiger partial charge in [-0.1, -0.05) is 0 Å². The fourth-order valence-corrected chi connectivity index (χ4v) is 2.95. The minimum absolute atomic E-state index is 0.245. The van der Waals surface area contributed by atoms with Crippen LogP contribution in [0.1, 0.15) is 69.2 Å². The lowest BCUT2D eigenvalue weighted by Gasteiger charge is -2.44. The van der Waals surface area contributed by atoms with Crippen molar-refractivity contribution >= 4 is 0 Å². The second kappa shape index (κ2) is 6.38. The molecule has 0 rings (SSSR count). The van der Waals surface area contributed by atoms with E-state index in [4.69, 9.17) is 0 Å². The minimum Gasteiger partial charge on any atom is -0.295 e. The summed E-state index contributed by atoms with van der Waals surface area (Å²) in [5.74, 6) is 0. The van der Waals surface area contributed by atoms with Crippen LogP contribution in [-0.4, -0.2) is 46.1 Å². The second-order valence-corrected chi connectivity index (χ2v) is 7.92. The molecular weight excluding hydrogens is 220 g/mol. The Morgan fingerprint density at radius 3 is 0.944 bits per heavy atom. The first kappa shape index (κ1) is 17.9. The summed E-state index contributed by atoms with van der Waals surface area (Å²) in [5.41, 5.74) is 0.489. The minimum atomic E-state index is 0.245. The zero-order valence-corrected chi connectivity index (χ0v) is 14.5. The quantitative estimate of drug-likeness (QED) is 0.733. The van der Waals surface area contributed by atoms with Gasteiger partial charge in [-0.15, -0.1) is 0 Å². The van der Waals surface area contributed by atoms with Crippen LogP contribution in [0.4, 0.5) is 0 Å². The summed E-state index contributed by atoms with van der Waals surface area (Å²) in [4.78, 5) is 5.18. The third kappa shape index (κ3) is 5.71. The zero-order valence-electron chi connectivity index (χ0n) is 14.5. The zero-order chi connectivity index (χ0) is 14.7. The van der Waals surface area contributed by atoms with Crippen molar-refractivity contribution in [3.8, 4) is 0 Å². The Balaban J connectivity index is 4.69. The Morgan fingerprint density at radius 1 is 0.611 bits per heavy atom. The Bertz CT molecular complexity index is 204. The van der Waals surface area contributed by atoms with E-state index < -0.39 is 0 Å². The highest BCUT2D eigenvalue weighted by atomic mass is 15.3. The van der Waals surface area contributed by atoms with Crippen molar-refractivity contribution in [3.05, 3.63) is 0 Å². The summed E-state index contributed by atoms with van der Waals surface area (Å²) in [6.07, 6.45) is 0. The van der Waals surface area contributed by atoms with Crippen LogP contribution in [0.3, 0.4) is 0 Å². The maximum absolute atomic E-state index is 2.59. The van der Waals surface area contributed by atoms with E-state index in [-0.39, 0.29) is 11.1 Å². The van der Waals surface area contributed by atoms with Gasteiger partial charge in [-0.05, 0) is 69.2 Å². The standard InChI is InChI=1S/C16H36N2/c1-13(2)17(15(5,6)7)11-12-18(14(3)4)16(8,9)10/h13-14H,11-12H2,1-10H3. The highest BCUT2D eigenvalue weighted by Gasteiger charge is 2.28. The van der Waals surface area contributed by atoms with E-state index in [1.807, 2.05) is 0 Å². The van der Waals surface area contributed by atoms with Crippen molar-refractivity contribution in [1.29, 1.82) is 0 Å². The molecule has 0 saturated carbocycles. The molecule has 18 heavy (non-hydrogen) atoms. The molecule has 0 aromatic heterocycles. The average Bonchev–Trinajstić information content (AvgIpc) is 2.05. The smallest absolute Gasteiger partial charge is 0.0128 e. The molecule has 0 aliphatic carbocycles. The first-order chi connectivity index (χ1) is 7.87. The highest BCUT2D eigenvalue weighted by Crippen LogP contribution is 2.20. The summed E-state index contributed by atoms with van der Waals surface area (Å²) in [6.45, 7) is 25.3. The molecular formula is C16H36N2. The fourth-order valence-electron chi connectivity index (χ4n) is 2.95. The molecule has 0 fully saturated rings. The van der Waals surface area contributed by atoms with E-state index >= 15 is 0 Å². The third-order valence-electron chi connectivity index (χ3n) is 3.55. The van der Waals surface area contributed by atoms with Crippen molar-refractivity contribution in [3.63, 3.8) is 0 Å². The largest absolute Gasteiger partial charge is 0.295 e. The van der Waals surface area contributed by atoms with Gasteiger partial charge in [0.1, 0.15) is 0 Å². The molecule has 0 spiro atoms. The van der Waals surface area contributed by atoms with Crippen molar-refractivity contribution < 1.29 is 0 Å². The normalized spacial score (nSPS) is 14.3. The molecule has 0 aliphatic heterocycles. The van der Waals surface area contributed by atoms with E-state index in [9.17, 15) is 0 Å². The summed E-state index contributed by atoms with van der Waals surface area (Å²) in [5, 5.41) is 0. The molecule has 0 N–H and O–H groups in total.